The molecule has 0 fully saturated rings. The number of hydrogen-bond acceptors (Lipinski definition) is 0. The van der Waals surface area contributed by atoms with Gasteiger partial charge in [0.1, 0.15) is 0 Å². The molecular weight excluding hydrogens is 200 g/mol. The maximum atomic E-state index is 3.87. The van der Waals surface area contributed by atoms with E-state index in [9.17, 15) is 0 Å². The van der Waals surface area contributed by atoms with Crippen LogP contribution in [0.25, 0.3) is 0 Å². The molecule has 0 amide bonds. The van der Waals surface area contributed by atoms with Crippen LogP contribution in [0.1, 0.15) is 40.5 Å². The molecule has 0 heterocycles. The van der Waals surface area contributed by atoms with Crippen molar-refractivity contribution in [3.63, 3.8) is 0 Å². The molecule has 0 aliphatic carbocycles. The van der Waals surface area contributed by atoms with Gasteiger partial charge in [-0.15, -0.1) is 6.58 Å². The highest BCUT2D eigenvalue weighted by atomic mass is 79.9. The Kier molecular flexibility index (Phi) is 3.83. The minimum Gasteiger partial charge on any atom is -0.103 e. The molecule has 0 nitrogen and oxygen atoms in total. The number of hydrogen-bond donors (Lipinski definition) is 0. The van der Waals surface area contributed by atoms with E-state index in [1.807, 2.05) is 0 Å². The molecule has 1 atom stereocenters. The summed E-state index contributed by atoms with van der Waals surface area (Å²) >= 11 is 3.65. The highest BCUT2D eigenvalue weighted by Gasteiger charge is 2.26. The molecule has 1 unspecified atom stereocenters. The molecule has 0 aliphatic heterocycles. The lowest BCUT2D eigenvalue weighted by atomic mass is 9.80. The van der Waals surface area contributed by atoms with Crippen LogP contribution in [0.3, 0.4) is 0 Å². The highest BCUT2D eigenvalue weighted by molar-refractivity contribution is 9.10. The third-order valence-electron chi connectivity index (χ3n) is 2.12. The largest absolute Gasteiger partial charge is 0.103 e. The van der Waals surface area contributed by atoms with Crippen LogP contribution in [0.4, 0.5) is 0 Å². The Balaban J connectivity index is 4.19. The summed E-state index contributed by atoms with van der Waals surface area (Å²) in [4.78, 5) is 0. The molecule has 0 N–H and O–H groups in total. The maximum absolute atomic E-state index is 3.87. The van der Waals surface area contributed by atoms with Crippen LogP contribution in [0.15, 0.2) is 12.7 Å². The van der Waals surface area contributed by atoms with Crippen molar-refractivity contribution < 1.29 is 0 Å². The lowest BCUT2D eigenvalue weighted by molar-refractivity contribution is 0.344. The van der Waals surface area contributed by atoms with Gasteiger partial charge in [0, 0.05) is 4.32 Å². The summed E-state index contributed by atoms with van der Waals surface area (Å²) < 4.78 is 0.228. The van der Waals surface area contributed by atoms with Gasteiger partial charge in [-0.25, -0.2) is 0 Å². The molecule has 0 aromatic rings. The Bertz CT molecular complexity index is 132. The fraction of sp³-hybridized carbons (Fsp3) is 0.800. The second-order valence-corrected chi connectivity index (χ2v) is 6.25. The first-order valence-corrected chi connectivity index (χ1v) is 4.95. The van der Waals surface area contributed by atoms with Crippen LogP contribution in [0.5, 0.6) is 0 Å². The van der Waals surface area contributed by atoms with E-state index in [0.29, 0.717) is 0 Å². The fourth-order valence-electron chi connectivity index (χ4n) is 1.30. The van der Waals surface area contributed by atoms with Crippen LogP contribution >= 0.6 is 15.9 Å². The molecule has 0 aromatic heterocycles. The quantitative estimate of drug-likeness (QED) is 0.492. The maximum Gasteiger partial charge on any atom is 0.0209 e. The first kappa shape index (κ1) is 11.2. The third kappa shape index (κ3) is 4.62. The highest BCUT2D eigenvalue weighted by Crippen LogP contribution is 2.36. The van der Waals surface area contributed by atoms with Gasteiger partial charge in [0.25, 0.3) is 0 Å². The van der Waals surface area contributed by atoms with Gasteiger partial charge < -0.3 is 0 Å². The monoisotopic (exact) mass is 218 g/mol. The van der Waals surface area contributed by atoms with E-state index in [4.69, 9.17) is 0 Å². The number of alkyl halides is 1. The van der Waals surface area contributed by atoms with E-state index in [2.05, 4.69) is 56.3 Å². The molecule has 0 aromatic carbocycles. The van der Waals surface area contributed by atoms with Crippen LogP contribution in [0.2, 0.25) is 0 Å². The Labute approximate surface area is 79.2 Å². The Morgan fingerprint density at radius 3 is 1.91 bits per heavy atom. The van der Waals surface area contributed by atoms with Gasteiger partial charge in [-0.3, -0.25) is 0 Å². The van der Waals surface area contributed by atoms with Crippen molar-refractivity contribution in [1.82, 2.24) is 0 Å². The van der Waals surface area contributed by atoms with Crippen molar-refractivity contribution in [1.29, 1.82) is 0 Å². The van der Waals surface area contributed by atoms with Crippen molar-refractivity contribution >= 4 is 15.9 Å². The van der Waals surface area contributed by atoms with E-state index < -0.39 is 0 Å². The zero-order valence-electron chi connectivity index (χ0n) is 8.08. The van der Waals surface area contributed by atoms with E-state index >= 15 is 0 Å². The lowest BCUT2D eigenvalue weighted by Crippen LogP contribution is -2.23. The van der Waals surface area contributed by atoms with Crippen LogP contribution in [-0.4, -0.2) is 4.32 Å². The van der Waals surface area contributed by atoms with Gasteiger partial charge in [0.05, 0.1) is 0 Å². The summed E-state index contributed by atoms with van der Waals surface area (Å²) in [7, 11) is 0. The van der Waals surface area contributed by atoms with Gasteiger partial charge in [-0.2, -0.15) is 0 Å². The van der Waals surface area contributed by atoms with E-state index in [1.165, 1.54) is 0 Å². The minimum atomic E-state index is 0.228. The van der Waals surface area contributed by atoms with Gasteiger partial charge in [0.15, 0.2) is 0 Å². The number of allylic oxidation sites excluding steroid dienone is 1. The zero-order chi connectivity index (χ0) is 9.12. The van der Waals surface area contributed by atoms with E-state index in [-0.39, 0.29) is 9.74 Å². The molecule has 0 saturated heterocycles. The van der Waals surface area contributed by atoms with E-state index in [1.54, 1.807) is 0 Å². The molecular formula is C10H19Br. The predicted molar refractivity (Wildman–Crippen MR) is 56.2 cm³/mol. The lowest BCUT2D eigenvalue weighted by Gasteiger charge is -2.30. The predicted octanol–water partition coefficient (Wildman–Crippen LogP) is 4.15. The first-order chi connectivity index (χ1) is 4.83. The second kappa shape index (κ2) is 3.75. The normalized spacial score (nSPS) is 17.5. The summed E-state index contributed by atoms with van der Waals surface area (Å²) in [5.74, 6) is 0. The summed E-state index contributed by atoms with van der Waals surface area (Å²) in [5.41, 5.74) is 0.285. The first-order valence-electron chi connectivity index (χ1n) is 4.15. The molecule has 66 valence electrons. The van der Waals surface area contributed by atoms with Crippen molar-refractivity contribution in [3.8, 4) is 0 Å². The molecule has 0 bridgehead atoms. The van der Waals surface area contributed by atoms with Crippen molar-refractivity contribution in [3.05, 3.63) is 12.7 Å². The standard InChI is InChI=1S/C10H19Br/c1-6-10(5,7-2)8-9(3,4)11/h6H,1,7-8H2,2-5H3. The van der Waals surface area contributed by atoms with Crippen LogP contribution in [0, 0.1) is 5.41 Å². The van der Waals surface area contributed by atoms with Gasteiger partial charge >= 0.3 is 0 Å². The molecule has 0 aliphatic rings. The SMILES string of the molecule is C=CC(C)(CC)CC(C)(C)Br. The van der Waals surface area contributed by atoms with E-state index in [0.717, 1.165) is 12.8 Å². The van der Waals surface area contributed by atoms with Gasteiger partial charge in [0.2, 0.25) is 0 Å². The topological polar surface area (TPSA) is 0 Å². The average molecular weight is 219 g/mol. The second-order valence-electron chi connectivity index (χ2n) is 4.11. The van der Waals surface area contributed by atoms with Crippen LogP contribution < -0.4 is 0 Å². The molecule has 0 saturated carbocycles. The Morgan fingerprint density at radius 1 is 1.36 bits per heavy atom. The summed E-state index contributed by atoms with van der Waals surface area (Å²) in [5, 5.41) is 0. The average Bonchev–Trinajstić information content (AvgIpc) is 1.84. The van der Waals surface area contributed by atoms with Gasteiger partial charge in [-0.1, -0.05) is 49.7 Å². The number of halogens is 1. The molecule has 0 spiro atoms. The Morgan fingerprint density at radius 2 is 1.82 bits per heavy atom. The summed E-state index contributed by atoms with van der Waals surface area (Å²) in [6, 6.07) is 0. The summed E-state index contributed by atoms with van der Waals surface area (Å²) in [6.07, 6.45) is 4.36. The van der Waals surface area contributed by atoms with Crippen molar-refractivity contribution in [2.45, 2.75) is 44.9 Å². The molecule has 11 heavy (non-hydrogen) atoms. The smallest absolute Gasteiger partial charge is 0.0209 e. The zero-order valence-corrected chi connectivity index (χ0v) is 9.66. The minimum absolute atomic E-state index is 0.228. The van der Waals surface area contributed by atoms with Crippen molar-refractivity contribution in [2.75, 3.05) is 0 Å². The Hall–Kier alpha value is 0.220. The third-order valence-corrected chi connectivity index (χ3v) is 2.41. The summed E-state index contributed by atoms with van der Waals surface area (Å²) in [6.45, 7) is 12.7. The fourth-order valence-corrected chi connectivity index (χ4v) is 1.94. The molecule has 0 rings (SSSR count). The van der Waals surface area contributed by atoms with Gasteiger partial charge in [-0.05, 0) is 18.3 Å². The van der Waals surface area contributed by atoms with Crippen LogP contribution in [-0.2, 0) is 0 Å². The molecule has 0 radical (unpaired) electrons. The van der Waals surface area contributed by atoms with Crippen molar-refractivity contribution in [2.24, 2.45) is 5.41 Å². The molecule has 1 heteroatoms. The number of rotatable bonds is 4.